The number of carbonyl (C=O) groups is 2. The van der Waals surface area contributed by atoms with Crippen molar-refractivity contribution in [3.05, 3.63) is 29.1 Å². The molecule has 0 aliphatic carbocycles. The minimum atomic E-state index is -0.486. The lowest BCUT2D eigenvalue weighted by molar-refractivity contribution is -0.118. The highest BCUT2D eigenvalue weighted by Crippen LogP contribution is 2.32. The van der Waals surface area contributed by atoms with Gasteiger partial charge >= 0.3 is 6.03 Å². The number of benzene rings is 1. The van der Waals surface area contributed by atoms with Crippen molar-refractivity contribution in [1.82, 2.24) is 10.6 Å². The average Bonchev–Trinajstić information content (AvgIpc) is 2.49. The van der Waals surface area contributed by atoms with Gasteiger partial charge in [-0.2, -0.15) is 0 Å². The van der Waals surface area contributed by atoms with E-state index < -0.39 is 6.03 Å². The zero-order chi connectivity index (χ0) is 16.1. The summed E-state index contributed by atoms with van der Waals surface area (Å²) in [6, 6.07) is 2.70. The van der Waals surface area contributed by atoms with Crippen molar-refractivity contribution in [3.8, 4) is 0 Å². The molecule has 22 heavy (non-hydrogen) atoms. The number of halogens is 1. The number of amides is 3. The highest BCUT2D eigenvalue weighted by atomic mass is 19.1. The van der Waals surface area contributed by atoms with Gasteiger partial charge in [0.2, 0.25) is 5.91 Å². The molecule has 0 saturated heterocycles. The van der Waals surface area contributed by atoms with E-state index >= 15 is 0 Å². The highest BCUT2D eigenvalue weighted by Gasteiger charge is 2.23. The first-order chi connectivity index (χ1) is 10.5. The molecule has 6 heteroatoms. The van der Waals surface area contributed by atoms with Crippen molar-refractivity contribution in [2.24, 2.45) is 0 Å². The Labute approximate surface area is 129 Å². The Morgan fingerprint density at radius 3 is 2.86 bits per heavy atom. The molecule has 1 aliphatic rings. The van der Waals surface area contributed by atoms with Gasteiger partial charge in [0, 0.05) is 24.3 Å². The second-order valence-electron chi connectivity index (χ2n) is 5.52. The summed E-state index contributed by atoms with van der Waals surface area (Å²) in [7, 11) is 0. The maximum atomic E-state index is 13.9. The molecule has 1 aromatic rings. The number of rotatable bonds is 4. The van der Waals surface area contributed by atoms with E-state index in [1.54, 1.807) is 6.07 Å². The third-order valence-electron chi connectivity index (χ3n) is 3.72. The molecule has 1 aromatic carbocycles. The smallest absolute Gasteiger partial charge is 0.321 e. The van der Waals surface area contributed by atoms with Crippen LogP contribution < -0.4 is 15.5 Å². The number of carbonyl (C=O) groups excluding carboxylic acids is 2. The van der Waals surface area contributed by atoms with Gasteiger partial charge in [0.05, 0.1) is 6.54 Å². The van der Waals surface area contributed by atoms with Crippen LogP contribution in [0.4, 0.5) is 14.9 Å². The normalized spacial score (nSPS) is 13.5. The van der Waals surface area contributed by atoms with Gasteiger partial charge in [0.25, 0.3) is 0 Å². The molecule has 3 amide bonds. The molecule has 0 bridgehead atoms. The number of hydrogen-bond acceptors (Lipinski definition) is 3. The Kier molecular flexibility index (Phi) is 5.35. The lowest BCUT2D eigenvalue weighted by Crippen LogP contribution is -2.46. The van der Waals surface area contributed by atoms with Crippen LogP contribution in [-0.4, -0.2) is 31.6 Å². The van der Waals surface area contributed by atoms with E-state index in [0.29, 0.717) is 25.1 Å². The molecule has 0 radical (unpaired) electrons. The van der Waals surface area contributed by atoms with Crippen molar-refractivity contribution in [2.45, 2.75) is 33.1 Å². The molecule has 1 heterocycles. The first kappa shape index (κ1) is 16.3. The van der Waals surface area contributed by atoms with E-state index in [1.807, 2.05) is 18.7 Å². The molecule has 0 saturated carbocycles. The van der Waals surface area contributed by atoms with Crippen LogP contribution in [0.5, 0.6) is 0 Å². The van der Waals surface area contributed by atoms with Crippen LogP contribution in [0.3, 0.4) is 0 Å². The molecule has 0 fully saturated rings. The molecular weight excluding hydrogens is 285 g/mol. The molecule has 2 N–H and O–H groups in total. The van der Waals surface area contributed by atoms with Gasteiger partial charge in [-0.1, -0.05) is 13.0 Å². The van der Waals surface area contributed by atoms with Crippen LogP contribution >= 0.6 is 0 Å². The van der Waals surface area contributed by atoms with Crippen LogP contribution in [0, 0.1) is 12.7 Å². The topological polar surface area (TPSA) is 61.4 Å². The van der Waals surface area contributed by atoms with Crippen LogP contribution in [0.25, 0.3) is 0 Å². The van der Waals surface area contributed by atoms with Crippen molar-refractivity contribution in [3.63, 3.8) is 0 Å². The van der Waals surface area contributed by atoms with Crippen LogP contribution in [-0.2, 0) is 11.2 Å². The molecule has 2 rings (SSSR count). The van der Waals surface area contributed by atoms with E-state index in [1.165, 1.54) is 6.07 Å². The summed E-state index contributed by atoms with van der Waals surface area (Å²) < 4.78 is 13.9. The van der Waals surface area contributed by atoms with Crippen LogP contribution in [0.15, 0.2) is 12.1 Å². The number of urea groups is 1. The van der Waals surface area contributed by atoms with Gasteiger partial charge in [-0.3, -0.25) is 10.1 Å². The lowest BCUT2D eigenvalue weighted by atomic mass is 9.97. The summed E-state index contributed by atoms with van der Waals surface area (Å²) in [5.74, 6) is -0.614. The monoisotopic (exact) mass is 307 g/mol. The van der Waals surface area contributed by atoms with Crippen molar-refractivity contribution in [1.29, 1.82) is 0 Å². The van der Waals surface area contributed by atoms with E-state index in [-0.39, 0.29) is 18.3 Å². The van der Waals surface area contributed by atoms with Crippen LogP contribution in [0.1, 0.15) is 30.9 Å². The lowest BCUT2D eigenvalue weighted by Gasteiger charge is -2.32. The van der Waals surface area contributed by atoms with E-state index in [4.69, 9.17) is 0 Å². The summed E-state index contributed by atoms with van der Waals surface area (Å²) in [5.41, 5.74) is 2.39. The SMILES string of the molecule is CCCNC(=O)NC(=O)CN1CCCc2c(F)ccc(C)c21. The molecule has 0 atom stereocenters. The number of nitrogens with zero attached hydrogens (tertiary/aromatic N) is 1. The Hall–Kier alpha value is -2.11. The highest BCUT2D eigenvalue weighted by molar-refractivity contribution is 5.96. The van der Waals surface area contributed by atoms with E-state index in [9.17, 15) is 14.0 Å². The second kappa shape index (κ2) is 7.24. The van der Waals surface area contributed by atoms with Crippen molar-refractivity contribution >= 4 is 17.6 Å². The minimum Gasteiger partial charge on any atom is -0.362 e. The summed E-state index contributed by atoms with van der Waals surface area (Å²) in [5, 5.41) is 4.89. The number of imide groups is 1. The van der Waals surface area contributed by atoms with Crippen molar-refractivity contribution in [2.75, 3.05) is 24.5 Å². The predicted molar refractivity (Wildman–Crippen MR) is 83.5 cm³/mol. The van der Waals surface area contributed by atoms with E-state index in [0.717, 1.165) is 24.1 Å². The zero-order valence-electron chi connectivity index (χ0n) is 13.0. The van der Waals surface area contributed by atoms with Gasteiger partial charge in [-0.05, 0) is 37.8 Å². The largest absolute Gasteiger partial charge is 0.362 e. The van der Waals surface area contributed by atoms with E-state index in [2.05, 4.69) is 10.6 Å². The second-order valence-corrected chi connectivity index (χ2v) is 5.52. The first-order valence-electron chi connectivity index (χ1n) is 7.63. The number of hydrogen-bond donors (Lipinski definition) is 2. The first-order valence-corrected chi connectivity index (χ1v) is 7.63. The standard InChI is InChI=1S/C16H22FN3O2/c1-3-8-18-16(22)19-14(21)10-20-9-4-5-12-13(17)7-6-11(2)15(12)20/h6-7H,3-5,8-10H2,1-2H3,(H2,18,19,21,22). The Morgan fingerprint density at radius 1 is 1.36 bits per heavy atom. The quantitative estimate of drug-likeness (QED) is 0.896. The van der Waals surface area contributed by atoms with Gasteiger partial charge in [0.15, 0.2) is 0 Å². The fourth-order valence-corrected chi connectivity index (χ4v) is 2.75. The van der Waals surface area contributed by atoms with Gasteiger partial charge in [-0.25, -0.2) is 9.18 Å². The van der Waals surface area contributed by atoms with Gasteiger partial charge < -0.3 is 10.2 Å². The third kappa shape index (κ3) is 3.75. The van der Waals surface area contributed by atoms with Crippen LogP contribution in [0.2, 0.25) is 0 Å². The van der Waals surface area contributed by atoms with Gasteiger partial charge in [-0.15, -0.1) is 0 Å². The zero-order valence-corrected chi connectivity index (χ0v) is 13.0. The fourth-order valence-electron chi connectivity index (χ4n) is 2.75. The maximum Gasteiger partial charge on any atom is 0.321 e. The molecule has 5 nitrogen and oxygen atoms in total. The summed E-state index contributed by atoms with van der Waals surface area (Å²) in [6.45, 7) is 5.10. The molecule has 1 aliphatic heterocycles. The Balaban J connectivity index is 2.05. The molecule has 120 valence electrons. The summed E-state index contributed by atoms with van der Waals surface area (Å²) >= 11 is 0. The molecule has 0 spiro atoms. The Morgan fingerprint density at radius 2 is 2.14 bits per heavy atom. The third-order valence-corrected chi connectivity index (χ3v) is 3.72. The molecule has 0 unspecified atom stereocenters. The summed E-state index contributed by atoms with van der Waals surface area (Å²) in [6.07, 6.45) is 2.28. The number of nitrogens with one attached hydrogen (secondary N) is 2. The number of anilines is 1. The number of fused-ring (bicyclic) bond motifs is 1. The minimum absolute atomic E-state index is 0.0524. The molecular formula is C16H22FN3O2. The maximum absolute atomic E-state index is 13.9. The van der Waals surface area contributed by atoms with Crippen molar-refractivity contribution < 1.29 is 14.0 Å². The summed E-state index contributed by atoms with van der Waals surface area (Å²) in [4.78, 5) is 25.3. The average molecular weight is 307 g/mol. The fraction of sp³-hybridized carbons (Fsp3) is 0.500. The number of aryl methyl sites for hydroxylation is 1. The van der Waals surface area contributed by atoms with Gasteiger partial charge in [0.1, 0.15) is 5.82 Å². The predicted octanol–water partition coefficient (Wildman–Crippen LogP) is 2.12. The molecule has 0 aromatic heterocycles. The Bertz CT molecular complexity index is 575.